The van der Waals surface area contributed by atoms with Gasteiger partial charge in [0.15, 0.2) is 0 Å². The first-order valence-corrected chi connectivity index (χ1v) is 4.68. The summed E-state index contributed by atoms with van der Waals surface area (Å²) in [7, 11) is 3.24. The van der Waals surface area contributed by atoms with Crippen LogP contribution in [0.3, 0.4) is 0 Å². The Morgan fingerprint density at radius 3 is 2.73 bits per heavy atom. The normalized spacial score (nSPS) is 18.2. The third-order valence-electron chi connectivity index (χ3n) is 2.46. The van der Waals surface area contributed by atoms with Crippen LogP contribution in [-0.2, 0) is 0 Å². The zero-order valence-corrected chi connectivity index (χ0v) is 8.73. The fraction of sp³-hybridized carbons (Fsp3) is 0.364. The summed E-state index contributed by atoms with van der Waals surface area (Å²) in [6.45, 7) is 0.764. The van der Waals surface area contributed by atoms with Crippen LogP contribution >= 0.6 is 0 Å². The second-order valence-electron chi connectivity index (χ2n) is 3.34. The number of benzene rings is 1. The van der Waals surface area contributed by atoms with Gasteiger partial charge >= 0.3 is 0 Å². The number of anilines is 1. The number of nitrogens with zero attached hydrogens (tertiary/aromatic N) is 2. The molecule has 78 valence electrons. The van der Waals surface area contributed by atoms with Gasteiger partial charge in [0, 0.05) is 6.07 Å². The third-order valence-corrected chi connectivity index (χ3v) is 2.46. The van der Waals surface area contributed by atoms with Crippen LogP contribution in [0.15, 0.2) is 18.2 Å². The molecule has 0 aromatic heterocycles. The highest BCUT2D eigenvalue weighted by atomic mass is 16.5. The molecular formula is C11H12N2O2. The van der Waals surface area contributed by atoms with Crippen molar-refractivity contribution in [3.8, 4) is 17.6 Å². The van der Waals surface area contributed by atoms with E-state index in [1.807, 2.05) is 23.1 Å². The lowest BCUT2D eigenvalue weighted by Crippen LogP contribution is -2.00. The minimum atomic E-state index is -0.0222. The molecule has 4 nitrogen and oxygen atoms in total. The first-order valence-electron chi connectivity index (χ1n) is 4.68. The number of ether oxygens (including phenoxy) is 2. The molecule has 0 bridgehead atoms. The van der Waals surface area contributed by atoms with Crippen molar-refractivity contribution in [3.63, 3.8) is 0 Å². The van der Waals surface area contributed by atoms with Crippen LogP contribution in [0, 0.1) is 11.3 Å². The summed E-state index contributed by atoms with van der Waals surface area (Å²) in [5, 5.41) is 8.76. The molecule has 1 aromatic carbocycles. The molecule has 1 saturated heterocycles. The standard InChI is InChI=1S/C11H12N2O2/c1-14-9-3-4-11(15-2)10(5-9)13-7-8(13)6-12/h3-5,8H,7H2,1-2H3. The van der Waals surface area contributed by atoms with Gasteiger partial charge in [-0.1, -0.05) is 0 Å². The highest BCUT2D eigenvalue weighted by Crippen LogP contribution is 2.38. The molecule has 1 heterocycles. The second-order valence-corrected chi connectivity index (χ2v) is 3.34. The molecule has 0 radical (unpaired) electrons. The SMILES string of the molecule is COc1ccc(OC)c(N2CC2C#N)c1. The van der Waals surface area contributed by atoms with E-state index in [1.54, 1.807) is 14.2 Å². The lowest BCUT2D eigenvalue weighted by molar-refractivity contribution is 0.404. The minimum absolute atomic E-state index is 0.0222. The molecule has 0 amide bonds. The average molecular weight is 204 g/mol. The molecule has 1 aliphatic heterocycles. The lowest BCUT2D eigenvalue weighted by Gasteiger charge is -2.11. The molecule has 0 saturated carbocycles. The summed E-state index contributed by atoms with van der Waals surface area (Å²) in [4.78, 5) is 1.97. The zero-order chi connectivity index (χ0) is 10.8. The highest BCUT2D eigenvalue weighted by Gasteiger charge is 2.36. The van der Waals surface area contributed by atoms with Crippen LogP contribution in [0.25, 0.3) is 0 Å². The van der Waals surface area contributed by atoms with Crippen LogP contribution in [0.4, 0.5) is 5.69 Å². The van der Waals surface area contributed by atoms with Crippen LogP contribution in [0.2, 0.25) is 0 Å². The summed E-state index contributed by atoms with van der Waals surface area (Å²) in [5.41, 5.74) is 0.920. The van der Waals surface area contributed by atoms with Gasteiger partial charge in [-0.2, -0.15) is 5.26 Å². The van der Waals surface area contributed by atoms with E-state index < -0.39 is 0 Å². The first kappa shape index (κ1) is 9.66. The summed E-state index contributed by atoms with van der Waals surface area (Å²) in [6.07, 6.45) is 0. The van der Waals surface area contributed by atoms with Crippen molar-refractivity contribution in [1.82, 2.24) is 0 Å². The summed E-state index contributed by atoms with van der Waals surface area (Å²) in [6, 6.07) is 7.76. The van der Waals surface area contributed by atoms with Gasteiger partial charge in [0.25, 0.3) is 0 Å². The van der Waals surface area contributed by atoms with Gasteiger partial charge in [-0.25, -0.2) is 0 Å². The summed E-state index contributed by atoms with van der Waals surface area (Å²) >= 11 is 0. The van der Waals surface area contributed by atoms with Gasteiger partial charge in [0.05, 0.1) is 32.5 Å². The molecule has 2 rings (SSSR count). The molecule has 0 spiro atoms. The van der Waals surface area contributed by atoms with Crippen molar-refractivity contribution >= 4 is 5.69 Å². The van der Waals surface area contributed by atoms with E-state index in [9.17, 15) is 0 Å². The Hall–Kier alpha value is -1.89. The zero-order valence-electron chi connectivity index (χ0n) is 8.73. The number of nitriles is 1. The molecule has 1 unspecified atom stereocenters. The molecule has 1 aromatic rings. The summed E-state index contributed by atoms with van der Waals surface area (Å²) < 4.78 is 10.4. The Balaban J connectivity index is 2.32. The Morgan fingerprint density at radius 1 is 1.40 bits per heavy atom. The molecule has 4 heteroatoms. The van der Waals surface area contributed by atoms with Crippen LogP contribution in [-0.4, -0.2) is 26.8 Å². The van der Waals surface area contributed by atoms with Crippen LogP contribution in [0.1, 0.15) is 0 Å². The van der Waals surface area contributed by atoms with Crippen molar-refractivity contribution in [1.29, 1.82) is 5.26 Å². The summed E-state index contributed by atoms with van der Waals surface area (Å²) in [5.74, 6) is 1.54. The van der Waals surface area contributed by atoms with E-state index in [4.69, 9.17) is 14.7 Å². The van der Waals surface area contributed by atoms with Crippen LogP contribution in [0.5, 0.6) is 11.5 Å². The van der Waals surface area contributed by atoms with Gasteiger partial charge in [-0.15, -0.1) is 0 Å². The molecule has 1 atom stereocenters. The van der Waals surface area contributed by atoms with E-state index in [1.165, 1.54) is 0 Å². The topological polar surface area (TPSA) is 45.3 Å². The van der Waals surface area contributed by atoms with Gasteiger partial charge < -0.3 is 14.4 Å². The number of hydrogen-bond acceptors (Lipinski definition) is 4. The lowest BCUT2D eigenvalue weighted by atomic mass is 10.2. The maximum absolute atomic E-state index is 8.76. The second kappa shape index (κ2) is 3.70. The van der Waals surface area contributed by atoms with Gasteiger partial charge in [-0.05, 0) is 12.1 Å². The van der Waals surface area contributed by atoms with E-state index >= 15 is 0 Å². The number of methoxy groups -OCH3 is 2. The van der Waals surface area contributed by atoms with Crippen molar-refractivity contribution in [3.05, 3.63) is 18.2 Å². The highest BCUT2D eigenvalue weighted by molar-refractivity contribution is 5.67. The van der Waals surface area contributed by atoms with Crippen molar-refractivity contribution in [2.24, 2.45) is 0 Å². The molecule has 15 heavy (non-hydrogen) atoms. The predicted molar refractivity (Wildman–Crippen MR) is 56.3 cm³/mol. The molecule has 0 N–H and O–H groups in total. The van der Waals surface area contributed by atoms with E-state index in [0.29, 0.717) is 0 Å². The molecule has 1 fully saturated rings. The van der Waals surface area contributed by atoms with E-state index in [-0.39, 0.29) is 6.04 Å². The minimum Gasteiger partial charge on any atom is -0.497 e. The van der Waals surface area contributed by atoms with Crippen molar-refractivity contribution in [2.45, 2.75) is 6.04 Å². The smallest absolute Gasteiger partial charge is 0.142 e. The number of rotatable bonds is 3. The third kappa shape index (κ3) is 1.68. The number of hydrogen-bond donors (Lipinski definition) is 0. The van der Waals surface area contributed by atoms with Crippen molar-refractivity contribution < 1.29 is 9.47 Å². The Labute approximate surface area is 88.6 Å². The molecular weight excluding hydrogens is 192 g/mol. The quantitative estimate of drug-likeness (QED) is 0.698. The Bertz CT molecular complexity index is 412. The fourth-order valence-electron chi connectivity index (χ4n) is 1.54. The van der Waals surface area contributed by atoms with Crippen molar-refractivity contribution in [2.75, 3.05) is 25.7 Å². The van der Waals surface area contributed by atoms with Gasteiger partial charge in [0.2, 0.25) is 0 Å². The average Bonchev–Trinajstić information content (AvgIpc) is 3.07. The Morgan fingerprint density at radius 2 is 2.20 bits per heavy atom. The maximum Gasteiger partial charge on any atom is 0.142 e. The first-order chi connectivity index (χ1) is 7.30. The maximum atomic E-state index is 8.76. The largest absolute Gasteiger partial charge is 0.497 e. The Kier molecular flexibility index (Phi) is 2.38. The van der Waals surface area contributed by atoms with E-state index in [2.05, 4.69) is 6.07 Å². The van der Waals surface area contributed by atoms with Gasteiger partial charge in [-0.3, -0.25) is 0 Å². The fourth-order valence-corrected chi connectivity index (χ4v) is 1.54. The predicted octanol–water partition coefficient (Wildman–Crippen LogP) is 1.42. The monoisotopic (exact) mass is 204 g/mol. The van der Waals surface area contributed by atoms with Crippen LogP contribution < -0.4 is 14.4 Å². The van der Waals surface area contributed by atoms with E-state index in [0.717, 1.165) is 23.7 Å². The van der Waals surface area contributed by atoms with Gasteiger partial charge in [0.1, 0.15) is 17.5 Å². The molecule has 1 aliphatic rings. The molecule has 0 aliphatic carbocycles.